The minimum atomic E-state index is -3.97. The van der Waals surface area contributed by atoms with Gasteiger partial charge in [-0.3, -0.25) is 0 Å². The van der Waals surface area contributed by atoms with Gasteiger partial charge >= 0.3 is 64.3 Å². The van der Waals surface area contributed by atoms with Crippen LogP contribution < -0.4 is 35.2 Å². The maximum Gasteiger partial charge on any atom is 0.161 e. The van der Waals surface area contributed by atoms with E-state index in [1.165, 1.54) is 39.2 Å². The first-order chi connectivity index (χ1) is 24.7. The standard InChI is InChI=1S/C37H31O3P3.C6H8N.2ClH.Zr/c38-41(31-19-7-1-8-20-31,32-21-9-2-10-22-32)37(42(39,33-23-11-3-12-24-33)34-25-13-4-14-26-34)43(40,35-27-15-5-16-28-35)36-29-17-6-18-30-36;1-5-3-7-4-6(5)2;;;/h1-30,37H;3,7H,1-2H3;2*1H;. The number of H-pyrrole nitrogens is 1. The van der Waals surface area contributed by atoms with Crippen LogP contribution in [0.4, 0.5) is 0 Å². The van der Waals surface area contributed by atoms with Gasteiger partial charge < -0.3 is 13.7 Å². The van der Waals surface area contributed by atoms with E-state index in [-0.39, 0.29) is 24.8 Å². The third-order valence-corrected chi connectivity index (χ3v) is 24.7. The second-order valence-corrected chi connectivity index (χ2v) is 23.4. The first-order valence-electron chi connectivity index (χ1n) is 16.7. The zero-order valence-corrected chi connectivity index (χ0v) is 36.1. The Morgan fingerprint density at radius 3 is 0.755 bits per heavy atom. The van der Waals surface area contributed by atoms with Crippen molar-refractivity contribution in [1.29, 1.82) is 0 Å². The first kappa shape index (κ1) is 42.5. The summed E-state index contributed by atoms with van der Waals surface area (Å²) in [4.78, 5) is 3.18. The van der Waals surface area contributed by atoms with Crippen molar-refractivity contribution in [2.45, 2.75) is 19.0 Å². The van der Waals surface area contributed by atoms with Gasteiger partial charge in [-0.15, -0.1) is 24.8 Å². The molecule has 53 heavy (non-hydrogen) atoms. The van der Waals surface area contributed by atoms with E-state index >= 15 is 13.7 Å². The van der Waals surface area contributed by atoms with E-state index in [2.05, 4.69) is 25.0 Å². The monoisotopic (exact) mass is 872 g/mol. The van der Waals surface area contributed by atoms with E-state index in [1.54, 1.807) is 0 Å². The maximum absolute atomic E-state index is 16.6. The Labute approximate surface area is 340 Å². The van der Waals surface area contributed by atoms with E-state index in [4.69, 9.17) is 0 Å². The van der Waals surface area contributed by atoms with Crippen molar-refractivity contribution in [3.8, 4) is 0 Å². The van der Waals surface area contributed by atoms with Crippen molar-refractivity contribution >= 4 is 81.5 Å². The first-order valence-corrected chi connectivity index (χ1v) is 23.3. The van der Waals surface area contributed by atoms with Crippen LogP contribution in [0.2, 0.25) is 0 Å². The Kier molecular flexibility index (Phi) is 15.1. The third kappa shape index (κ3) is 8.53. The topological polar surface area (TPSA) is 67.0 Å². The SMILES string of the molecule is Cc1c[nH][c]([Zr])c1C.Cl.Cl.O=P(c1ccccc1)(c1ccccc1)C(P(=O)(c1ccccc1)c1ccccc1)P(=O)(c1ccccc1)c1ccccc1. The van der Waals surface area contributed by atoms with Crippen LogP contribution in [0.1, 0.15) is 11.1 Å². The second kappa shape index (κ2) is 18.9. The van der Waals surface area contributed by atoms with Crippen LogP contribution in [0, 0.1) is 13.8 Å². The number of aromatic nitrogens is 1. The van der Waals surface area contributed by atoms with Gasteiger partial charge in [-0.05, 0) is 0 Å². The molecule has 0 fully saturated rings. The number of benzene rings is 6. The summed E-state index contributed by atoms with van der Waals surface area (Å²) in [6.07, 6.45) is 2.05. The van der Waals surface area contributed by atoms with E-state index in [1.807, 2.05) is 182 Å². The van der Waals surface area contributed by atoms with E-state index in [0.717, 1.165) is 0 Å². The minimum Gasteiger partial charge on any atom is -0.312 e. The molecule has 0 atom stereocenters. The van der Waals surface area contributed by atoms with Crippen molar-refractivity contribution in [2.24, 2.45) is 0 Å². The van der Waals surface area contributed by atoms with E-state index in [9.17, 15) is 0 Å². The van der Waals surface area contributed by atoms with Gasteiger partial charge in [0.25, 0.3) is 0 Å². The van der Waals surface area contributed by atoms with Crippen molar-refractivity contribution in [2.75, 3.05) is 0 Å². The average molecular weight is 875 g/mol. The number of aromatic amines is 1. The molecule has 1 aromatic heterocycles. The smallest absolute Gasteiger partial charge is 0.161 e. The molecule has 0 spiro atoms. The van der Waals surface area contributed by atoms with Gasteiger partial charge in [-0.2, -0.15) is 0 Å². The summed E-state index contributed by atoms with van der Waals surface area (Å²) in [5.41, 5.74) is 2.79. The molecule has 0 aliphatic heterocycles. The van der Waals surface area contributed by atoms with Crippen molar-refractivity contribution in [3.05, 3.63) is 199 Å². The van der Waals surface area contributed by atoms with Crippen LogP contribution in [0.25, 0.3) is 0 Å². The van der Waals surface area contributed by atoms with Gasteiger partial charge in [0.1, 0.15) is 5.14 Å². The molecule has 7 aromatic rings. The van der Waals surface area contributed by atoms with Gasteiger partial charge in [-0.1, -0.05) is 182 Å². The number of hydrogen-bond donors (Lipinski definition) is 1. The Hall–Kier alpha value is -3.25. The molecular formula is C43H41Cl2NO3P3Zr. The number of nitrogens with one attached hydrogen (secondary N) is 1. The molecule has 1 N–H and O–H groups in total. The largest absolute Gasteiger partial charge is 0.312 e. The van der Waals surface area contributed by atoms with Crippen LogP contribution in [0.15, 0.2) is 188 Å². The predicted molar refractivity (Wildman–Crippen MR) is 227 cm³/mol. The van der Waals surface area contributed by atoms with Crippen LogP contribution in [-0.2, 0) is 38.4 Å². The molecule has 0 aliphatic rings. The van der Waals surface area contributed by atoms with E-state index in [0.29, 0.717) is 31.8 Å². The number of rotatable bonds is 9. The zero-order chi connectivity index (χ0) is 35.9. The second-order valence-electron chi connectivity index (χ2n) is 12.3. The van der Waals surface area contributed by atoms with Crippen LogP contribution in [0.5, 0.6) is 0 Å². The van der Waals surface area contributed by atoms with Gasteiger partial charge in [0, 0.05) is 31.8 Å². The molecule has 0 amide bonds. The third-order valence-electron chi connectivity index (χ3n) is 9.21. The molecule has 0 radical (unpaired) electrons. The zero-order valence-electron chi connectivity index (χ0n) is 29.4. The molecule has 0 saturated carbocycles. The summed E-state index contributed by atoms with van der Waals surface area (Å²) in [5.74, 6) is 0. The summed E-state index contributed by atoms with van der Waals surface area (Å²) in [7, 11) is -11.9. The molecular weight excluding hydrogens is 834 g/mol. The summed E-state index contributed by atoms with van der Waals surface area (Å²) >= 11 is 1.47. The van der Waals surface area contributed by atoms with Gasteiger partial charge in [0.05, 0.1) is 0 Å². The van der Waals surface area contributed by atoms with Crippen LogP contribution in [0.3, 0.4) is 0 Å². The summed E-state index contributed by atoms with van der Waals surface area (Å²) < 4.78 is 51.0. The van der Waals surface area contributed by atoms with Crippen LogP contribution in [-0.4, -0.2) is 10.1 Å². The Balaban J connectivity index is 0.000000558. The number of aryl methyl sites for hydroxylation is 1. The Morgan fingerprint density at radius 2 is 0.623 bits per heavy atom. The minimum absolute atomic E-state index is 0. The van der Waals surface area contributed by atoms with Crippen molar-refractivity contribution in [3.63, 3.8) is 0 Å². The summed E-state index contributed by atoms with van der Waals surface area (Å²) in [6.45, 7) is 4.27. The molecule has 4 nitrogen and oxygen atoms in total. The fourth-order valence-corrected chi connectivity index (χ4v) is 23.6. The molecule has 10 heteroatoms. The maximum atomic E-state index is 16.6. The molecule has 7 rings (SSSR count). The van der Waals surface area contributed by atoms with Gasteiger partial charge in [-0.25, -0.2) is 0 Å². The van der Waals surface area contributed by atoms with Crippen LogP contribution >= 0.6 is 46.2 Å². The van der Waals surface area contributed by atoms with Crippen molar-refractivity contribution < 1.29 is 38.4 Å². The molecule has 0 aliphatic carbocycles. The Morgan fingerprint density at radius 1 is 0.415 bits per heavy atom. The number of hydrogen-bond acceptors (Lipinski definition) is 3. The van der Waals surface area contributed by atoms with Gasteiger partial charge in [0.2, 0.25) is 0 Å². The summed E-state index contributed by atoms with van der Waals surface area (Å²) in [5, 5.41) is 1.80. The fourth-order valence-electron chi connectivity index (χ4n) is 6.43. The molecule has 269 valence electrons. The molecule has 1 heterocycles. The molecule has 0 unspecified atom stereocenters. The normalized spacial score (nSPS) is 11.4. The number of halogens is 2. The fraction of sp³-hybridized carbons (Fsp3) is 0.0698. The average Bonchev–Trinajstić information content (AvgIpc) is 3.50. The quantitative estimate of drug-likeness (QED) is 0.148. The molecule has 0 bridgehead atoms. The Bertz CT molecular complexity index is 1950. The summed E-state index contributed by atoms with van der Waals surface area (Å²) in [6, 6.07) is 55.2. The van der Waals surface area contributed by atoms with Gasteiger partial charge in [0.15, 0.2) is 21.4 Å². The molecule has 0 saturated heterocycles. The van der Waals surface area contributed by atoms with E-state index < -0.39 is 26.6 Å². The van der Waals surface area contributed by atoms with Crippen molar-refractivity contribution in [1.82, 2.24) is 4.98 Å². The predicted octanol–water partition coefficient (Wildman–Crippen LogP) is 8.96. The molecule has 6 aromatic carbocycles.